The van der Waals surface area contributed by atoms with E-state index in [0.717, 1.165) is 0 Å². The maximum Gasteiger partial charge on any atom is 0.343 e. The fourth-order valence-corrected chi connectivity index (χ4v) is 5.12. The van der Waals surface area contributed by atoms with E-state index < -0.39 is 16.0 Å². The van der Waals surface area contributed by atoms with Gasteiger partial charge in [0.2, 0.25) is 0 Å². The second-order valence-corrected chi connectivity index (χ2v) is 9.95. The van der Waals surface area contributed by atoms with Crippen molar-refractivity contribution in [3.8, 4) is 5.75 Å². The minimum Gasteiger partial charge on any atom is -0.467 e. The lowest BCUT2D eigenvalue weighted by Gasteiger charge is -2.24. The van der Waals surface area contributed by atoms with Gasteiger partial charge in [0.1, 0.15) is 16.4 Å². The molecular formula is C25H16Cl2N2O5S. The van der Waals surface area contributed by atoms with Crippen molar-refractivity contribution in [3.05, 3.63) is 112 Å². The van der Waals surface area contributed by atoms with E-state index >= 15 is 0 Å². The van der Waals surface area contributed by atoms with Crippen molar-refractivity contribution in [2.24, 2.45) is 4.40 Å². The predicted molar refractivity (Wildman–Crippen MR) is 133 cm³/mol. The van der Waals surface area contributed by atoms with Gasteiger partial charge in [-0.3, -0.25) is 0 Å². The highest BCUT2D eigenvalue weighted by atomic mass is 35.5. The van der Waals surface area contributed by atoms with Crippen LogP contribution in [-0.4, -0.2) is 20.2 Å². The Hall–Kier alpha value is -3.59. The summed E-state index contributed by atoms with van der Waals surface area (Å²) in [5.41, 5.74) is 1.38. The van der Waals surface area contributed by atoms with Gasteiger partial charge < -0.3 is 14.1 Å². The van der Waals surface area contributed by atoms with Crippen LogP contribution in [0.5, 0.6) is 5.75 Å². The van der Waals surface area contributed by atoms with Crippen molar-refractivity contribution < 1.29 is 22.4 Å². The molecule has 1 aromatic heterocycles. The number of carbonyl (C=O) groups excluding carboxylic acids is 1. The van der Waals surface area contributed by atoms with Crippen LogP contribution in [0, 0.1) is 0 Å². The highest BCUT2D eigenvalue weighted by Gasteiger charge is 2.32. The number of nitrogens with zero attached hydrogens (tertiary/aromatic N) is 2. The highest BCUT2D eigenvalue weighted by molar-refractivity contribution is 7.90. The quantitative estimate of drug-likeness (QED) is 0.235. The summed E-state index contributed by atoms with van der Waals surface area (Å²) in [6.07, 6.45) is 1.54. The van der Waals surface area contributed by atoms with E-state index in [0.29, 0.717) is 27.8 Å². The van der Waals surface area contributed by atoms with Crippen molar-refractivity contribution in [2.75, 3.05) is 4.90 Å². The lowest BCUT2D eigenvalue weighted by molar-refractivity contribution is 0.0734. The fourth-order valence-electron chi connectivity index (χ4n) is 3.61. The molecule has 7 nitrogen and oxygen atoms in total. The molecule has 4 aromatic rings. The Balaban J connectivity index is 1.45. The normalized spacial score (nSPS) is 13.7. The van der Waals surface area contributed by atoms with Crippen molar-refractivity contribution in [1.82, 2.24) is 0 Å². The van der Waals surface area contributed by atoms with Gasteiger partial charge in [-0.05, 0) is 66.7 Å². The van der Waals surface area contributed by atoms with Crippen LogP contribution in [-0.2, 0) is 16.6 Å². The summed E-state index contributed by atoms with van der Waals surface area (Å²) in [4.78, 5) is 14.4. The number of halogens is 2. The number of rotatable bonds is 5. The molecule has 1 aliphatic rings. The molecule has 0 saturated heterocycles. The molecular weight excluding hydrogens is 511 g/mol. The summed E-state index contributed by atoms with van der Waals surface area (Å²) in [6.45, 7) is 0.234. The van der Waals surface area contributed by atoms with Crippen LogP contribution in [0.25, 0.3) is 0 Å². The second kappa shape index (κ2) is 9.22. The summed E-state index contributed by atoms with van der Waals surface area (Å²) in [5.74, 6) is 0.593. The number of fused-ring (bicyclic) bond motifs is 1. The van der Waals surface area contributed by atoms with Gasteiger partial charge in [-0.2, -0.15) is 8.42 Å². The van der Waals surface area contributed by atoms with Gasteiger partial charge >= 0.3 is 5.97 Å². The standard InChI is InChI=1S/C25H16Cl2N2O5S/c26-21-12-7-16(14-22(21)27)25(30)34-18-10-8-17(9-11-18)29(15-19-4-3-13-33-19)24-20-5-1-2-6-23(20)35(31,32)28-24/h1-14H,15H2. The molecule has 176 valence electrons. The number of carbonyl (C=O) groups is 1. The summed E-state index contributed by atoms with van der Waals surface area (Å²) in [6, 6.07) is 21.3. The van der Waals surface area contributed by atoms with Crippen LogP contribution >= 0.6 is 23.2 Å². The zero-order chi connectivity index (χ0) is 24.6. The van der Waals surface area contributed by atoms with Gasteiger partial charge in [0.25, 0.3) is 10.0 Å². The first-order valence-corrected chi connectivity index (χ1v) is 12.5. The topological polar surface area (TPSA) is 89.2 Å². The number of benzene rings is 3. The molecule has 0 radical (unpaired) electrons. The van der Waals surface area contributed by atoms with E-state index in [9.17, 15) is 13.2 Å². The molecule has 0 atom stereocenters. The van der Waals surface area contributed by atoms with Crippen LogP contribution in [0.1, 0.15) is 21.7 Å². The third-order valence-electron chi connectivity index (χ3n) is 5.28. The molecule has 3 aromatic carbocycles. The Morgan fingerprint density at radius 1 is 0.943 bits per heavy atom. The van der Waals surface area contributed by atoms with E-state index in [1.807, 2.05) is 0 Å². The fraction of sp³-hybridized carbons (Fsp3) is 0.0400. The van der Waals surface area contributed by atoms with Crippen molar-refractivity contribution >= 4 is 50.7 Å². The summed E-state index contributed by atoms with van der Waals surface area (Å²) in [5, 5.41) is 0.584. The van der Waals surface area contributed by atoms with Crippen LogP contribution in [0.4, 0.5) is 5.69 Å². The van der Waals surface area contributed by atoms with Gasteiger partial charge in [-0.25, -0.2) is 4.79 Å². The molecule has 0 amide bonds. The third kappa shape index (κ3) is 4.68. The maximum absolute atomic E-state index is 12.6. The SMILES string of the molecule is O=C(Oc1ccc(N(Cc2ccco2)C2=NS(=O)(=O)c3ccccc32)cc1)c1ccc(Cl)c(Cl)c1. The van der Waals surface area contributed by atoms with Crippen LogP contribution in [0.2, 0.25) is 10.0 Å². The Bertz CT molecular complexity index is 1550. The number of hydrogen-bond acceptors (Lipinski definition) is 6. The van der Waals surface area contributed by atoms with E-state index in [2.05, 4.69) is 4.40 Å². The van der Waals surface area contributed by atoms with Crippen LogP contribution < -0.4 is 9.64 Å². The van der Waals surface area contributed by atoms with E-state index in [-0.39, 0.29) is 27.9 Å². The summed E-state index contributed by atoms with van der Waals surface area (Å²) < 4.78 is 40.3. The van der Waals surface area contributed by atoms with Gasteiger partial charge in [-0.1, -0.05) is 35.3 Å². The summed E-state index contributed by atoms with van der Waals surface area (Å²) in [7, 11) is -3.82. The van der Waals surface area contributed by atoms with E-state index in [1.54, 1.807) is 65.8 Å². The lowest BCUT2D eigenvalue weighted by atomic mass is 10.1. The lowest BCUT2D eigenvalue weighted by Crippen LogP contribution is -2.30. The minimum absolute atomic E-state index is 0.145. The molecule has 0 fully saturated rings. The van der Waals surface area contributed by atoms with Crippen LogP contribution in [0.15, 0.2) is 98.8 Å². The summed E-state index contributed by atoms with van der Waals surface area (Å²) >= 11 is 11.9. The molecule has 35 heavy (non-hydrogen) atoms. The molecule has 0 aliphatic carbocycles. The maximum atomic E-state index is 12.6. The zero-order valence-corrected chi connectivity index (χ0v) is 20.2. The molecule has 0 bridgehead atoms. The van der Waals surface area contributed by atoms with Crippen molar-refractivity contribution in [1.29, 1.82) is 0 Å². The van der Waals surface area contributed by atoms with Gasteiger partial charge in [0.15, 0.2) is 5.84 Å². The number of ether oxygens (including phenoxy) is 1. The highest BCUT2D eigenvalue weighted by Crippen LogP contribution is 2.32. The van der Waals surface area contributed by atoms with Gasteiger partial charge in [-0.15, -0.1) is 4.40 Å². The average molecular weight is 527 g/mol. The Labute approximate surface area is 211 Å². The number of hydrogen-bond donors (Lipinski definition) is 0. The minimum atomic E-state index is -3.82. The molecule has 0 unspecified atom stereocenters. The van der Waals surface area contributed by atoms with E-state index in [4.69, 9.17) is 32.4 Å². The predicted octanol–water partition coefficient (Wildman–Crippen LogP) is 5.96. The molecule has 5 rings (SSSR count). The molecule has 0 N–H and O–H groups in total. The molecule has 2 heterocycles. The average Bonchev–Trinajstić information content (AvgIpc) is 3.46. The Morgan fingerprint density at radius 3 is 2.43 bits per heavy atom. The number of esters is 1. The smallest absolute Gasteiger partial charge is 0.343 e. The largest absolute Gasteiger partial charge is 0.467 e. The number of sulfonamides is 1. The third-order valence-corrected chi connectivity index (χ3v) is 7.34. The first-order valence-electron chi connectivity index (χ1n) is 10.3. The Kier molecular flexibility index (Phi) is 6.10. The van der Waals surface area contributed by atoms with Crippen molar-refractivity contribution in [2.45, 2.75) is 11.4 Å². The zero-order valence-electron chi connectivity index (χ0n) is 17.9. The molecule has 10 heteroatoms. The van der Waals surface area contributed by atoms with Gasteiger partial charge in [0, 0.05) is 11.3 Å². The first kappa shape index (κ1) is 23.2. The monoisotopic (exact) mass is 526 g/mol. The number of amidine groups is 1. The van der Waals surface area contributed by atoms with Crippen LogP contribution in [0.3, 0.4) is 0 Å². The molecule has 0 spiro atoms. The number of anilines is 1. The number of furan rings is 1. The van der Waals surface area contributed by atoms with E-state index in [1.165, 1.54) is 24.3 Å². The first-order chi connectivity index (χ1) is 16.8. The molecule has 0 saturated carbocycles. The molecule has 1 aliphatic heterocycles. The Morgan fingerprint density at radius 2 is 1.71 bits per heavy atom. The van der Waals surface area contributed by atoms with Gasteiger partial charge in [0.05, 0.1) is 28.4 Å². The second-order valence-electron chi connectivity index (χ2n) is 7.56. The van der Waals surface area contributed by atoms with Crippen molar-refractivity contribution in [3.63, 3.8) is 0 Å².